The summed E-state index contributed by atoms with van der Waals surface area (Å²) < 4.78 is 5.04. The highest BCUT2D eigenvalue weighted by Gasteiger charge is 2.57. The third-order valence-corrected chi connectivity index (χ3v) is 4.90. The van der Waals surface area contributed by atoms with E-state index in [2.05, 4.69) is 27.7 Å². The van der Waals surface area contributed by atoms with E-state index < -0.39 is 0 Å². The lowest BCUT2D eigenvalue weighted by atomic mass is 9.43. The van der Waals surface area contributed by atoms with E-state index in [0.717, 1.165) is 12.3 Å². The number of carbonyl (C=O) groups is 1. The van der Waals surface area contributed by atoms with Crippen LogP contribution in [-0.2, 0) is 9.53 Å². The SMILES string of the molecule is [CH2]COC(=O)C1CC2CC(C1C)C2(C)C. The molecule has 0 aliphatic heterocycles. The second kappa shape index (κ2) is 3.50. The van der Waals surface area contributed by atoms with Gasteiger partial charge in [-0.05, 0) is 42.9 Å². The van der Waals surface area contributed by atoms with Crippen molar-refractivity contribution in [1.82, 2.24) is 0 Å². The van der Waals surface area contributed by atoms with Gasteiger partial charge in [-0.1, -0.05) is 20.8 Å². The molecule has 3 rings (SSSR count). The maximum Gasteiger partial charge on any atom is 0.309 e. The van der Waals surface area contributed by atoms with Crippen LogP contribution in [0.5, 0.6) is 0 Å². The normalized spacial score (nSPS) is 41.9. The van der Waals surface area contributed by atoms with E-state index in [1.54, 1.807) is 0 Å². The molecule has 0 heterocycles. The molecule has 0 aromatic heterocycles. The van der Waals surface area contributed by atoms with Gasteiger partial charge in [0, 0.05) is 0 Å². The number of hydrogen-bond donors (Lipinski definition) is 0. The predicted octanol–water partition coefficient (Wildman–Crippen LogP) is 2.68. The lowest BCUT2D eigenvalue weighted by Gasteiger charge is -2.61. The van der Waals surface area contributed by atoms with Gasteiger partial charge < -0.3 is 4.74 Å². The number of carbonyl (C=O) groups excluding carboxylic acids is 1. The summed E-state index contributed by atoms with van der Waals surface area (Å²) in [6, 6.07) is 0. The Bertz CT molecular complexity index is 270. The molecule has 0 saturated heterocycles. The Labute approximate surface area is 92.4 Å². The van der Waals surface area contributed by atoms with Gasteiger partial charge in [0.15, 0.2) is 0 Å². The van der Waals surface area contributed by atoms with Crippen LogP contribution in [0.25, 0.3) is 0 Å². The average molecular weight is 209 g/mol. The number of rotatable bonds is 2. The first kappa shape index (κ1) is 11.0. The minimum atomic E-state index is -0.0253. The quantitative estimate of drug-likeness (QED) is 0.654. The molecule has 4 atom stereocenters. The minimum Gasteiger partial charge on any atom is -0.465 e. The molecule has 15 heavy (non-hydrogen) atoms. The Morgan fingerprint density at radius 3 is 2.60 bits per heavy atom. The van der Waals surface area contributed by atoms with Gasteiger partial charge >= 0.3 is 5.97 Å². The molecule has 85 valence electrons. The molecule has 0 aromatic carbocycles. The van der Waals surface area contributed by atoms with Gasteiger partial charge in [-0.3, -0.25) is 4.79 Å². The summed E-state index contributed by atoms with van der Waals surface area (Å²) in [5.41, 5.74) is 0.445. The van der Waals surface area contributed by atoms with Crippen molar-refractivity contribution in [3.05, 3.63) is 6.92 Å². The first-order valence-corrected chi connectivity index (χ1v) is 5.94. The fraction of sp³-hybridized carbons (Fsp3) is 0.846. The summed E-state index contributed by atoms with van der Waals surface area (Å²) in [6.45, 7) is 10.7. The van der Waals surface area contributed by atoms with E-state index in [0.29, 0.717) is 17.3 Å². The summed E-state index contributed by atoms with van der Waals surface area (Å²) >= 11 is 0. The topological polar surface area (TPSA) is 26.3 Å². The maximum absolute atomic E-state index is 11.7. The van der Waals surface area contributed by atoms with E-state index in [1.807, 2.05) is 0 Å². The monoisotopic (exact) mass is 209 g/mol. The molecular formula is C13H21O2. The van der Waals surface area contributed by atoms with Gasteiger partial charge in [0.1, 0.15) is 0 Å². The van der Waals surface area contributed by atoms with Crippen molar-refractivity contribution in [3.63, 3.8) is 0 Å². The molecule has 0 amide bonds. The fourth-order valence-corrected chi connectivity index (χ4v) is 3.67. The molecule has 0 spiro atoms. The molecule has 4 unspecified atom stereocenters. The summed E-state index contributed by atoms with van der Waals surface area (Å²) in [5, 5.41) is 0. The van der Waals surface area contributed by atoms with E-state index in [1.165, 1.54) is 6.42 Å². The van der Waals surface area contributed by atoms with Gasteiger partial charge in [0.25, 0.3) is 0 Å². The van der Waals surface area contributed by atoms with Crippen molar-refractivity contribution in [2.45, 2.75) is 33.6 Å². The van der Waals surface area contributed by atoms with Crippen LogP contribution in [0.1, 0.15) is 33.6 Å². The summed E-state index contributed by atoms with van der Waals surface area (Å²) in [7, 11) is 0. The van der Waals surface area contributed by atoms with E-state index in [-0.39, 0.29) is 18.5 Å². The van der Waals surface area contributed by atoms with E-state index in [4.69, 9.17) is 4.74 Å². The summed E-state index contributed by atoms with van der Waals surface area (Å²) in [4.78, 5) is 11.7. The zero-order valence-electron chi connectivity index (χ0n) is 9.95. The number of ether oxygens (including phenoxy) is 1. The molecule has 0 N–H and O–H groups in total. The van der Waals surface area contributed by atoms with Crippen LogP contribution in [0.3, 0.4) is 0 Å². The van der Waals surface area contributed by atoms with Crippen molar-refractivity contribution in [1.29, 1.82) is 0 Å². The van der Waals surface area contributed by atoms with Crippen molar-refractivity contribution in [2.75, 3.05) is 6.61 Å². The Morgan fingerprint density at radius 1 is 1.47 bits per heavy atom. The number of esters is 1. The number of fused-ring (bicyclic) bond motifs is 2. The lowest BCUT2D eigenvalue weighted by Crippen LogP contribution is -2.56. The highest BCUT2D eigenvalue weighted by Crippen LogP contribution is 2.63. The van der Waals surface area contributed by atoms with Crippen LogP contribution in [0, 0.1) is 36.0 Å². The molecule has 2 bridgehead atoms. The van der Waals surface area contributed by atoms with Crippen LogP contribution in [0.4, 0.5) is 0 Å². The second-order valence-electron chi connectivity index (χ2n) is 5.73. The first-order chi connectivity index (χ1) is 6.98. The highest BCUT2D eigenvalue weighted by atomic mass is 16.5. The van der Waals surface area contributed by atoms with Crippen LogP contribution in [-0.4, -0.2) is 12.6 Å². The first-order valence-electron chi connectivity index (χ1n) is 5.94. The van der Waals surface area contributed by atoms with Crippen molar-refractivity contribution >= 4 is 5.97 Å². The minimum absolute atomic E-state index is 0.0253. The standard InChI is InChI=1S/C13H21O2/c1-5-15-12(14)10-6-9-7-11(8(10)2)13(9,3)4/h8-11H,1,5-7H2,2-4H3. The molecule has 3 aliphatic carbocycles. The molecule has 3 fully saturated rings. The predicted molar refractivity (Wildman–Crippen MR) is 59.0 cm³/mol. The van der Waals surface area contributed by atoms with Gasteiger partial charge in [0.05, 0.1) is 12.5 Å². The Hall–Kier alpha value is -0.530. The third-order valence-electron chi connectivity index (χ3n) is 4.90. The maximum atomic E-state index is 11.7. The van der Waals surface area contributed by atoms with Crippen LogP contribution < -0.4 is 0 Å². The van der Waals surface area contributed by atoms with E-state index >= 15 is 0 Å². The van der Waals surface area contributed by atoms with Gasteiger partial charge in [-0.2, -0.15) is 0 Å². The summed E-state index contributed by atoms with van der Waals surface area (Å²) in [5.74, 6) is 2.01. The lowest BCUT2D eigenvalue weighted by molar-refractivity contribution is -0.172. The molecule has 2 nitrogen and oxygen atoms in total. The van der Waals surface area contributed by atoms with Gasteiger partial charge in [0.2, 0.25) is 0 Å². The smallest absolute Gasteiger partial charge is 0.309 e. The Morgan fingerprint density at radius 2 is 2.13 bits per heavy atom. The Balaban J connectivity index is 2.05. The van der Waals surface area contributed by atoms with Crippen LogP contribution in [0.15, 0.2) is 0 Å². The molecule has 0 aromatic rings. The van der Waals surface area contributed by atoms with Gasteiger partial charge in [-0.25, -0.2) is 0 Å². The van der Waals surface area contributed by atoms with Gasteiger partial charge in [-0.15, -0.1) is 0 Å². The molecular weight excluding hydrogens is 188 g/mol. The van der Waals surface area contributed by atoms with Crippen molar-refractivity contribution in [2.24, 2.45) is 29.1 Å². The zero-order valence-corrected chi connectivity index (χ0v) is 9.95. The van der Waals surface area contributed by atoms with Crippen molar-refractivity contribution < 1.29 is 9.53 Å². The van der Waals surface area contributed by atoms with Crippen LogP contribution >= 0.6 is 0 Å². The molecule has 3 saturated carbocycles. The molecule has 3 aliphatic rings. The molecule has 1 radical (unpaired) electrons. The third kappa shape index (κ3) is 1.49. The Kier molecular flexibility index (Phi) is 2.56. The summed E-state index contributed by atoms with van der Waals surface area (Å²) in [6.07, 6.45) is 2.33. The van der Waals surface area contributed by atoms with E-state index in [9.17, 15) is 4.79 Å². The highest BCUT2D eigenvalue weighted by molar-refractivity contribution is 5.73. The fourth-order valence-electron chi connectivity index (χ4n) is 3.67. The largest absolute Gasteiger partial charge is 0.465 e. The van der Waals surface area contributed by atoms with Crippen molar-refractivity contribution in [3.8, 4) is 0 Å². The number of hydrogen-bond acceptors (Lipinski definition) is 2. The zero-order chi connectivity index (χ0) is 11.2. The molecule has 2 heteroatoms. The van der Waals surface area contributed by atoms with Crippen LogP contribution in [0.2, 0.25) is 0 Å². The average Bonchev–Trinajstić information content (AvgIpc) is 2.17. The second-order valence-corrected chi connectivity index (χ2v) is 5.73.